The van der Waals surface area contributed by atoms with Gasteiger partial charge in [-0.25, -0.2) is 9.59 Å². The van der Waals surface area contributed by atoms with Crippen LogP contribution in [0.1, 0.15) is 51.9 Å². The van der Waals surface area contributed by atoms with Gasteiger partial charge in [-0.05, 0) is 48.0 Å². The first kappa shape index (κ1) is 29.9. The molecule has 1 heterocycles. The van der Waals surface area contributed by atoms with Gasteiger partial charge in [-0.1, -0.05) is 58.0 Å². The Morgan fingerprint density at radius 3 is 2.15 bits per heavy atom. The highest BCUT2D eigenvalue weighted by molar-refractivity contribution is 9.10. The van der Waals surface area contributed by atoms with Crippen molar-refractivity contribution in [2.75, 3.05) is 13.2 Å². The molecule has 3 aromatic rings. The van der Waals surface area contributed by atoms with Crippen molar-refractivity contribution in [3.63, 3.8) is 0 Å². The molecule has 7 heteroatoms. The number of fused-ring (bicyclic) bond motifs is 1. The Labute approximate surface area is 204 Å². The summed E-state index contributed by atoms with van der Waals surface area (Å²) in [6.45, 7) is 12.3. The van der Waals surface area contributed by atoms with E-state index in [1.165, 1.54) is 18.6 Å². The molecule has 0 saturated carbocycles. The van der Waals surface area contributed by atoms with E-state index in [1.807, 2.05) is 70.2 Å². The van der Waals surface area contributed by atoms with Crippen molar-refractivity contribution in [3.8, 4) is 5.75 Å². The Hall–Kier alpha value is -3.06. The third-order valence-electron chi connectivity index (χ3n) is 3.50. The number of hydrogen-bond donors (Lipinski definition) is 0. The van der Waals surface area contributed by atoms with Gasteiger partial charge in [0.1, 0.15) is 23.2 Å². The SMILES string of the molecule is CC.CC.CCOC(=O)/C=C/Oc1ccccc1Br.CCOC(=O)c1coc2ccccc12. The Morgan fingerprint density at radius 2 is 1.52 bits per heavy atom. The predicted molar refractivity (Wildman–Crippen MR) is 135 cm³/mol. The molecular weight excluding hydrogens is 488 g/mol. The van der Waals surface area contributed by atoms with Crippen molar-refractivity contribution in [2.45, 2.75) is 41.5 Å². The summed E-state index contributed by atoms with van der Waals surface area (Å²) in [7, 11) is 0. The number of carbonyl (C=O) groups is 2. The number of para-hydroxylation sites is 2. The van der Waals surface area contributed by atoms with E-state index in [0.29, 0.717) is 30.1 Å². The molecule has 0 amide bonds. The van der Waals surface area contributed by atoms with Crippen LogP contribution in [0, 0.1) is 0 Å². The highest BCUT2D eigenvalue weighted by atomic mass is 79.9. The zero-order valence-electron chi connectivity index (χ0n) is 20.1. The normalized spacial score (nSPS) is 9.42. The van der Waals surface area contributed by atoms with E-state index >= 15 is 0 Å². The summed E-state index contributed by atoms with van der Waals surface area (Å²) in [4.78, 5) is 22.4. The van der Waals surface area contributed by atoms with Gasteiger partial charge >= 0.3 is 11.9 Å². The lowest BCUT2D eigenvalue weighted by atomic mass is 10.2. The minimum absolute atomic E-state index is 0.336. The lowest BCUT2D eigenvalue weighted by molar-refractivity contribution is -0.137. The number of furan rings is 1. The van der Waals surface area contributed by atoms with Crippen LogP contribution < -0.4 is 4.74 Å². The van der Waals surface area contributed by atoms with Gasteiger partial charge in [0, 0.05) is 5.39 Å². The standard InChI is InChI=1S/C11H11BrO3.C11H10O3.2C2H6/c1-2-14-11(13)7-8-15-10-6-4-3-5-9(10)12;1-2-13-11(12)9-7-14-10-6-4-3-5-8(9)10;2*1-2/h3-8H,2H2,1H3;3-7H,2H2,1H3;2*1-2H3/b8-7+;;;. The van der Waals surface area contributed by atoms with Crippen molar-refractivity contribution >= 4 is 38.8 Å². The Morgan fingerprint density at radius 1 is 0.909 bits per heavy atom. The van der Waals surface area contributed by atoms with Gasteiger partial charge in [-0.15, -0.1) is 0 Å². The summed E-state index contributed by atoms with van der Waals surface area (Å²) in [5, 5.41) is 0.797. The van der Waals surface area contributed by atoms with Crippen molar-refractivity contribution in [1.29, 1.82) is 0 Å². The first-order valence-electron chi connectivity index (χ1n) is 10.9. The number of benzene rings is 2. The van der Waals surface area contributed by atoms with Crippen molar-refractivity contribution < 1.29 is 28.2 Å². The van der Waals surface area contributed by atoms with Crippen LogP contribution in [0.2, 0.25) is 0 Å². The molecular formula is C26H33BrO6. The van der Waals surface area contributed by atoms with Gasteiger partial charge in [-0.2, -0.15) is 0 Å². The number of esters is 2. The number of ether oxygens (including phenoxy) is 3. The van der Waals surface area contributed by atoms with E-state index in [-0.39, 0.29) is 5.97 Å². The maximum absolute atomic E-state index is 11.4. The monoisotopic (exact) mass is 520 g/mol. The zero-order chi connectivity index (χ0) is 25.1. The molecule has 0 radical (unpaired) electrons. The molecule has 0 spiro atoms. The topological polar surface area (TPSA) is 75.0 Å². The summed E-state index contributed by atoms with van der Waals surface area (Å²) in [5.41, 5.74) is 1.19. The number of rotatable bonds is 6. The minimum Gasteiger partial charge on any atom is -0.464 e. The van der Waals surface area contributed by atoms with Crippen LogP contribution in [0.5, 0.6) is 5.75 Å². The van der Waals surface area contributed by atoms with E-state index in [9.17, 15) is 9.59 Å². The summed E-state index contributed by atoms with van der Waals surface area (Å²) < 4.78 is 20.9. The molecule has 180 valence electrons. The maximum atomic E-state index is 11.4. The van der Waals surface area contributed by atoms with E-state index in [2.05, 4.69) is 15.9 Å². The fraction of sp³-hybridized carbons (Fsp3) is 0.308. The first-order chi connectivity index (χ1) is 16.1. The van der Waals surface area contributed by atoms with Crippen LogP contribution in [-0.4, -0.2) is 25.2 Å². The molecule has 0 atom stereocenters. The summed E-state index contributed by atoms with van der Waals surface area (Å²) in [6, 6.07) is 14.8. The molecule has 0 bridgehead atoms. The van der Waals surface area contributed by atoms with Crippen molar-refractivity contribution in [3.05, 3.63) is 77.2 Å². The highest BCUT2D eigenvalue weighted by Crippen LogP contribution is 2.24. The van der Waals surface area contributed by atoms with Crippen molar-refractivity contribution in [2.24, 2.45) is 0 Å². The Kier molecular flexibility index (Phi) is 16.8. The van der Waals surface area contributed by atoms with Crippen LogP contribution in [0.3, 0.4) is 0 Å². The average molecular weight is 521 g/mol. The molecule has 0 saturated heterocycles. The van der Waals surface area contributed by atoms with Crippen molar-refractivity contribution in [1.82, 2.24) is 0 Å². The smallest absolute Gasteiger partial charge is 0.342 e. The molecule has 2 aromatic carbocycles. The molecule has 6 nitrogen and oxygen atoms in total. The molecule has 0 aliphatic heterocycles. The Bertz CT molecular complexity index is 978. The lowest BCUT2D eigenvalue weighted by Crippen LogP contribution is -2.03. The summed E-state index contributed by atoms with van der Waals surface area (Å²) >= 11 is 3.32. The van der Waals surface area contributed by atoms with E-state index in [4.69, 9.17) is 18.6 Å². The van der Waals surface area contributed by atoms with E-state index < -0.39 is 5.97 Å². The van der Waals surface area contributed by atoms with Gasteiger partial charge in [-0.3, -0.25) is 0 Å². The quantitative estimate of drug-likeness (QED) is 0.189. The molecule has 1 aromatic heterocycles. The second-order valence-electron chi connectivity index (χ2n) is 5.47. The third-order valence-corrected chi connectivity index (χ3v) is 4.15. The first-order valence-corrected chi connectivity index (χ1v) is 11.7. The van der Waals surface area contributed by atoms with Crippen LogP contribution in [0.25, 0.3) is 11.0 Å². The number of carbonyl (C=O) groups excluding carboxylic acids is 2. The van der Waals surface area contributed by atoms with Gasteiger partial charge in [0.15, 0.2) is 0 Å². The lowest BCUT2D eigenvalue weighted by Gasteiger charge is -2.01. The summed E-state index contributed by atoms with van der Waals surface area (Å²) in [6.07, 6.45) is 3.98. The van der Waals surface area contributed by atoms with Crippen LogP contribution in [-0.2, 0) is 14.3 Å². The third kappa shape index (κ3) is 10.9. The van der Waals surface area contributed by atoms with Gasteiger partial charge in [0.25, 0.3) is 0 Å². The second-order valence-corrected chi connectivity index (χ2v) is 6.32. The molecule has 33 heavy (non-hydrogen) atoms. The fourth-order valence-corrected chi connectivity index (χ4v) is 2.62. The fourth-order valence-electron chi connectivity index (χ4n) is 2.24. The summed E-state index contributed by atoms with van der Waals surface area (Å²) in [5.74, 6) is -0.0972. The minimum atomic E-state index is -0.412. The van der Waals surface area contributed by atoms with Crippen LogP contribution >= 0.6 is 15.9 Å². The molecule has 0 unspecified atom stereocenters. The predicted octanol–water partition coefficient (Wildman–Crippen LogP) is 7.57. The number of hydrogen-bond acceptors (Lipinski definition) is 6. The number of halogens is 1. The molecule has 3 rings (SSSR count). The van der Waals surface area contributed by atoms with Crippen LogP contribution in [0.15, 0.2) is 76.0 Å². The van der Waals surface area contributed by atoms with Gasteiger partial charge < -0.3 is 18.6 Å². The van der Waals surface area contributed by atoms with Gasteiger partial charge in [0.05, 0.1) is 30.0 Å². The maximum Gasteiger partial charge on any atom is 0.342 e. The highest BCUT2D eigenvalue weighted by Gasteiger charge is 2.13. The van der Waals surface area contributed by atoms with Gasteiger partial charge in [0.2, 0.25) is 0 Å². The molecule has 0 aliphatic rings. The second kappa shape index (κ2) is 18.5. The molecule has 0 N–H and O–H groups in total. The zero-order valence-corrected chi connectivity index (χ0v) is 21.7. The largest absolute Gasteiger partial charge is 0.464 e. The van der Waals surface area contributed by atoms with Crippen LogP contribution in [0.4, 0.5) is 0 Å². The Balaban J connectivity index is 0.000000540. The average Bonchev–Trinajstić information content (AvgIpc) is 3.28. The molecule has 0 aliphatic carbocycles. The molecule has 0 fully saturated rings. The van der Waals surface area contributed by atoms with E-state index in [1.54, 1.807) is 19.9 Å². The van der Waals surface area contributed by atoms with E-state index in [0.717, 1.165) is 9.86 Å².